The second kappa shape index (κ2) is 6.80. The molecule has 0 amide bonds. The van der Waals surface area contributed by atoms with E-state index in [9.17, 15) is 4.79 Å². The molecule has 3 aromatic carbocycles. The lowest BCUT2D eigenvalue weighted by molar-refractivity contribution is 0.101. The monoisotopic (exact) mass is 365 g/mol. The van der Waals surface area contributed by atoms with Crippen molar-refractivity contribution in [3.63, 3.8) is 0 Å². The fourth-order valence-electron chi connectivity index (χ4n) is 2.51. The summed E-state index contributed by atoms with van der Waals surface area (Å²) in [5.74, 6) is 0.0497. The first-order valence-corrected chi connectivity index (χ1v) is 8.16. The van der Waals surface area contributed by atoms with E-state index < -0.39 is 0 Å². The largest absolute Gasteiger partial charge is 0.310 e. The molecular weight excluding hydrogens is 350 g/mol. The van der Waals surface area contributed by atoms with Crippen LogP contribution in [0.15, 0.2) is 83.3 Å². The maximum absolute atomic E-state index is 11.8. The quantitative estimate of drug-likeness (QED) is 0.519. The molecule has 0 saturated heterocycles. The van der Waals surface area contributed by atoms with Crippen molar-refractivity contribution in [2.75, 3.05) is 4.90 Å². The molecule has 0 aromatic heterocycles. The lowest BCUT2D eigenvalue weighted by Crippen LogP contribution is -2.10. The van der Waals surface area contributed by atoms with Crippen molar-refractivity contribution in [3.8, 4) is 0 Å². The molecule has 0 radical (unpaired) electrons. The van der Waals surface area contributed by atoms with E-state index in [1.807, 2.05) is 54.6 Å². The zero-order valence-electron chi connectivity index (χ0n) is 12.7. The van der Waals surface area contributed by atoms with Crippen molar-refractivity contribution in [1.29, 1.82) is 0 Å². The molecule has 3 heteroatoms. The first-order chi connectivity index (χ1) is 11.1. The third kappa shape index (κ3) is 3.51. The number of hydrogen-bond donors (Lipinski definition) is 0. The lowest BCUT2D eigenvalue weighted by Gasteiger charge is -2.26. The topological polar surface area (TPSA) is 20.3 Å². The highest BCUT2D eigenvalue weighted by Crippen LogP contribution is 2.36. The Morgan fingerprint density at radius 3 is 1.78 bits per heavy atom. The molecule has 0 saturated carbocycles. The first kappa shape index (κ1) is 15.5. The SMILES string of the molecule is CC(=O)c1cc(Br)cc(N(c2ccccc2)c2ccccc2)c1. The van der Waals surface area contributed by atoms with Crippen molar-refractivity contribution < 1.29 is 4.79 Å². The summed E-state index contributed by atoms with van der Waals surface area (Å²) in [5.41, 5.74) is 3.73. The fourth-order valence-corrected chi connectivity index (χ4v) is 2.99. The van der Waals surface area contributed by atoms with Crippen LogP contribution in [0.4, 0.5) is 17.1 Å². The van der Waals surface area contributed by atoms with E-state index in [0.29, 0.717) is 5.56 Å². The molecule has 0 N–H and O–H groups in total. The van der Waals surface area contributed by atoms with Crippen LogP contribution >= 0.6 is 15.9 Å². The van der Waals surface area contributed by atoms with Crippen molar-refractivity contribution in [3.05, 3.63) is 88.9 Å². The highest BCUT2D eigenvalue weighted by atomic mass is 79.9. The van der Waals surface area contributed by atoms with E-state index in [-0.39, 0.29) is 5.78 Å². The van der Waals surface area contributed by atoms with Crippen LogP contribution in [0, 0.1) is 0 Å². The molecule has 3 rings (SSSR count). The summed E-state index contributed by atoms with van der Waals surface area (Å²) < 4.78 is 0.886. The molecule has 0 heterocycles. The molecule has 0 atom stereocenters. The molecule has 2 nitrogen and oxygen atoms in total. The van der Waals surface area contributed by atoms with Gasteiger partial charge in [-0.1, -0.05) is 52.3 Å². The fraction of sp³-hybridized carbons (Fsp3) is 0.0500. The van der Waals surface area contributed by atoms with Gasteiger partial charge in [-0.3, -0.25) is 4.79 Å². The minimum absolute atomic E-state index is 0.0497. The maximum atomic E-state index is 11.8. The third-order valence-electron chi connectivity index (χ3n) is 3.58. The summed E-state index contributed by atoms with van der Waals surface area (Å²) in [7, 11) is 0. The molecule has 23 heavy (non-hydrogen) atoms. The van der Waals surface area contributed by atoms with E-state index in [4.69, 9.17) is 0 Å². The van der Waals surface area contributed by atoms with Crippen LogP contribution in [0.2, 0.25) is 0 Å². The van der Waals surface area contributed by atoms with Gasteiger partial charge < -0.3 is 4.90 Å². The Balaban J connectivity index is 2.19. The first-order valence-electron chi connectivity index (χ1n) is 7.37. The second-order valence-electron chi connectivity index (χ2n) is 5.26. The normalized spacial score (nSPS) is 10.3. The Labute approximate surface area is 144 Å². The molecule has 3 aromatic rings. The summed E-state index contributed by atoms with van der Waals surface area (Å²) in [4.78, 5) is 13.9. The number of nitrogens with zero attached hydrogens (tertiary/aromatic N) is 1. The van der Waals surface area contributed by atoms with Crippen LogP contribution in [0.25, 0.3) is 0 Å². The van der Waals surface area contributed by atoms with Gasteiger partial charge in [-0.15, -0.1) is 0 Å². The number of rotatable bonds is 4. The molecule has 0 aliphatic carbocycles. The van der Waals surface area contributed by atoms with Gasteiger partial charge in [0, 0.05) is 27.1 Å². The highest BCUT2D eigenvalue weighted by molar-refractivity contribution is 9.10. The van der Waals surface area contributed by atoms with Crippen LogP contribution in [0.1, 0.15) is 17.3 Å². The Morgan fingerprint density at radius 1 is 0.783 bits per heavy atom. The molecule has 0 aliphatic rings. The number of benzene rings is 3. The van der Waals surface area contributed by atoms with E-state index in [0.717, 1.165) is 21.5 Å². The second-order valence-corrected chi connectivity index (χ2v) is 6.18. The number of para-hydroxylation sites is 2. The number of hydrogen-bond acceptors (Lipinski definition) is 2. The maximum Gasteiger partial charge on any atom is 0.159 e. The average molecular weight is 366 g/mol. The lowest BCUT2D eigenvalue weighted by atomic mass is 10.1. The summed E-state index contributed by atoms with van der Waals surface area (Å²) in [6.07, 6.45) is 0. The zero-order chi connectivity index (χ0) is 16.2. The van der Waals surface area contributed by atoms with Gasteiger partial charge in [0.1, 0.15) is 0 Å². The van der Waals surface area contributed by atoms with Crippen molar-refractivity contribution in [2.24, 2.45) is 0 Å². The van der Waals surface area contributed by atoms with Crippen LogP contribution in [-0.2, 0) is 0 Å². The predicted octanol–water partition coefficient (Wildman–Crippen LogP) is 6.12. The highest BCUT2D eigenvalue weighted by Gasteiger charge is 2.14. The predicted molar refractivity (Wildman–Crippen MR) is 98.8 cm³/mol. The van der Waals surface area contributed by atoms with E-state index in [1.54, 1.807) is 6.92 Å². The van der Waals surface area contributed by atoms with Gasteiger partial charge >= 0.3 is 0 Å². The Bertz CT molecular complexity index is 776. The zero-order valence-corrected chi connectivity index (χ0v) is 14.3. The molecule has 0 unspecified atom stereocenters. The molecule has 0 aliphatic heterocycles. The minimum Gasteiger partial charge on any atom is -0.310 e. The number of ketones is 1. The summed E-state index contributed by atoms with van der Waals surface area (Å²) >= 11 is 3.52. The summed E-state index contributed by atoms with van der Waals surface area (Å²) in [5, 5.41) is 0. The number of anilines is 3. The van der Waals surface area contributed by atoms with E-state index >= 15 is 0 Å². The van der Waals surface area contributed by atoms with Crippen LogP contribution in [-0.4, -0.2) is 5.78 Å². The average Bonchev–Trinajstić information content (AvgIpc) is 2.56. The molecule has 0 spiro atoms. The van der Waals surface area contributed by atoms with Gasteiger partial charge in [0.2, 0.25) is 0 Å². The van der Waals surface area contributed by atoms with Crippen molar-refractivity contribution in [2.45, 2.75) is 6.92 Å². The van der Waals surface area contributed by atoms with E-state index in [2.05, 4.69) is 45.1 Å². The summed E-state index contributed by atoms with van der Waals surface area (Å²) in [6, 6.07) is 26.0. The number of carbonyl (C=O) groups excluding carboxylic acids is 1. The summed E-state index contributed by atoms with van der Waals surface area (Å²) in [6.45, 7) is 1.58. The number of carbonyl (C=O) groups is 1. The number of Topliss-reactive ketones (excluding diaryl/α,β-unsaturated/α-hetero) is 1. The smallest absolute Gasteiger partial charge is 0.159 e. The van der Waals surface area contributed by atoms with Gasteiger partial charge in [-0.25, -0.2) is 0 Å². The van der Waals surface area contributed by atoms with Gasteiger partial charge in [-0.2, -0.15) is 0 Å². The van der Waals surface area contributed by atoms with Crippen LogP contribution in [0.5, 0.6) is 0 Å². The van der Waals surface area contributed by atoms with Crippen molar-refractivity contribution in [1.82, 2.24) is 0 Å². The third-order valence-corrected chi connectivity index (χ3v) is 4.03. The molecule has 114 valence electrons. The van der Waals surface area contributed by atoms with Gasteiger partial charge in [0.05, 0.1) is 0 Å². The van der Waals surface area contributed by atoms with Gasteiger partial charge in [0.25, 0.3) is 0 Å². The Morgan fingerprint density at radius 2 is 1.30 bits per heavy atom. The van der Waals surface area contributed by atoms with Crippen molar-refractivity contribution >= 4 is 38.8 Å². The Hall–Kier alpha value is -2.39. The molecule has 0 fully saturated rings. The minimum atomic E-state index is 0.0497. The van der Waals surface area contributed by atoms with Crippen LogP contribution < -0.4 is 4.90 Å². The molecular formula is C20H16BrNO. The molecule has 0 bridgehead atoms. The standard InChI is InChI=1S/C20H16BrNO/c1-15(23)16-12-17(21)14-20(13-16)22(18-8-4-2-5-9-18)19-10-6-3-7-11-19/h2-14H,1H3. The van der Waals surface area contributed by atoms with E-state index in [1.165, 1.54) is 0 Å². The van der Waals surface area contributed by atoms with Crippen LogP contribution in [0.3, 0.4) is 0 Å². The van der Waals surface area contributed by atoms with Gasteiger partial charge in [0.15, 0.2) is 5.78 Å². The van der Waals surface area contributed by atoms with Gasteiger partial charge in [-0.05, 0) is 49.4 Å². The number of halogens is 1. The Kier molecular flexibility index (Phi) is 4.58.